The SMILES string of the molecule is COc1ccc(C(=O)NC(C2CCNCC2)C2CC(O)C2)c(F)c1F.Cl. The highest BCUT2D eigenvalue weighted by atomic mass is 35.5. The van der Waals surface area contributed by atoms with E-state index in [4.69, 9.17) is 4.74 Å². The van der Waals surface area contributed by atoms with Crippen molar-refractivity contribution in [3.05, 3.63) is 29.3 Å². The van der Waals surface area contributed by atoms with Gasteiger partial charge in [-0.3, -0.25) is 4.79 Å². The molecule has 2 fully saturated rings. The maximum Gasteiger partial charge on any atom is 0.254 e. The van der Waals surface area contributed by atoms with Gasteiger partial charge >= 0.3 is 0 Å². The predicted molar refractivity (Wildman–Crippen MR) is 95.7 cm³/mol. The highest BCUT2D eigenvalue weighted by molar-refractivity contribution is 5.94. The lowest BCUT2D eigenvalue weighted by Gasteiger charge is -2.43. The molecule has 8 heteroatoms. The van der Waals surface area contributed by atoms with E-state index in [0.29, 0.717) is 12.8 Å². The van der Waals surface area contributed by atoms with Crippen molar-refractivity contribution < 1.29 is 23.4 Å². The summed E-state index contributed by atoms with van der Waals surface area (Å²) >= 11 is 0. The second-order valence-corrected chi connectivity index (χ2v) is 6.92. The monoisotopic (exact) mass is 390 g/mol. The topological polar surface area (TPSA) is 70.6 Å². The van der Waals surface area contributed by atoms with E-state index in [1.165, 1.54) is 19.2 Å². The summed E-state index contributed by atoms with van der Waals surface area (Å²) in [6, 6.07) is 2.35. The van der Waals surface area contributed by atoms with E-state index in [1.54, 1.807) is 0 Å². The lowest BCUT2D eigenvalue weighted by atomic mass is 9.71. The van der Waals surface area contributed by atoms with Gasteiger partial charge in [0.05, 0.1) is 18.8 Å². The standard InChI is InChI=1S/C18H24F2N2O3.ClH/c1-25-14-3-2-13(15(19)16(14)20)18(24)22-17(11-8-12(23)9-11)10-4-6-21-7-5-10;/h2-3,10-12,17,21,23H,4-9H2,1H3,(H,22,24);1H. The van der Waals surface area contributed by atoms with Crippen LogP contribution in [0, 0.1) is 23.5 Å². The Morgan fingerprint density at radius 1 is 1.23 bits per heavy atom. The number of methoxy groups -OCH3 is 1. The summed E-state index contributed by atoms with van der Waals surface area (Å²) < 4.78 is 32.8. The van der Waals surface area contributed by atoms with Crippen molar-refractivity contribution in [2.24, 2.45) is 11.8 Å². The molecule has 26 heavy (non-hydrogen) atoms. The fourth-order valence-electron chi connectivity index (χ4n) is 3.84. The van der Waals surface area contributed by atoms with Crippen molar-refractivity contribution in [1.29, 1.82) is 0 Å². The van der Waals surface area contributed by atoms with Crippen molar-refractivity contribution in [3.63, 3.8) is 0 Å². The van der Waals surface area contributed by atoms with Crippen molar-refractivity contribution >= 4 is 18.3 Å². The van der Waals surface area contributed by atoms with Crippen LogP contribution in [-0.2, 0) is 0 Å². The first-order valence-electron chi connectivity index (χ1n) is 8.73. The molecule has 1 atom stereocenters. The van der Waals surface area contributed by atoms with Gasteiger partial charge in [-0.1, -0.05) is 0 Å². The number of rotatable bonds is 5. The van der Waals surface area contributed by atoms with Gasteiger partial charge in [0.1, 0.15) is 0 Å². The number of nitrogens with one attached hydrogen (secondary N) is 2. The fraction of sp³-hybridized carbons (Fsp3) is 0.611. The number of hydrogen-bond acceptors (Lipinski definition) is 4. The molecule has 0 radical (unpaired) electrons. The minimum atomic E-state index is -1.20. The third kappa shape index (κ3) is 4.27. The van der Waals surface area contributed by atoms with Crippen LogP contribution < -0.4 is 15.4 Å². The summed E-state index contributed by atoms with van der Waals surface area (Å²) in [6.45, 7) is 1.75. The van der Waals surface area contributed by atoms with Gasteiger partial charge in [0.15, 0.2) is 11.6 Å². The zero-order valence-electron chi connectivity index (χ0n) is 14.6. The Morgan fingerprint density at radius 2 is 1.88 bits per heavy atom. The summed E-state index contributed by atoms with van der Waals surface area (Å²) in [5, 5.41) is 15.8. The van der Waals surface area contributed by atoms with E-state index in [0.717, 1.165) is 25.9 Å². The first kappa shape index (κ1) is 20.9. The Hall–Kier alpha value is -1.44. The maximum absolute atomic E-state index is 14.2. The van der Waals surface area contributed by atoms with Gasteiger partial charge in [0.2, 0.25) is 5.82 Å². The van der Waals surface area contributed by atoms with E-state index in [9.17, 15) is 18.7 Å². The lowest BCUT2D eigenvalue weighted by Crippen LogP contribution is -2.53. The average Bonchev–Trinajstić information content (AvgIpc) is 2.60. The Labute approximate surface area is 157 Å². The highest BCUT2D eigenvalue weighted by Crippen LogP contribution is 2.36. The van der Waals surface area contributed by atoms with Gasteiger partial charge < -0.3 is 20.5 Å². The van der Waals surface area contributed by atoms with Crippen LogP contribution in [0.25, 0.3) is 0 Å². The molecular formula is C18H25ClF2N2O3. The molecule has 146 valence electrons. The number of carbonyl (C=O) groups excluding carboxylic acids is 1. The number of carbonyl (C=O) groups is 1. The number of benzene rings is 1. The van der Waals surface area contributed by atoms with Crippen molar-refractivity contribution in [1.82, 2.24) is 10.6 Å². The minimum absolute atomic E-state index is 0. The predicted octanol–water partition coefficient (Wildman–Crippen LogP) is 2.26. The van der Waals surface area contributed by atoms with Gasteiger partial charge in [-0.25, -0.2) is 4.39 Å². The Bertz CT molecular complexity index is 635. The van der Waals surface area contributed by atoms with Gasteiger partial charge in [0, 0.05) is 6.04 Å². The number of amides is 1. The smallest absolute Gasteiger partial charge is 0.254 e. The number of aliphatic hydroxyl groups is 1. The normalized spacial score (nSPS) is 24.2. The summed E-state index contributed by atoms with van der Waals surface area (Å²) in [7, 11) is 1.24. The van der Waals surface area contributed by atoms with Crippen LogP contribution in [-0.4, -0.2) is 43.4 Å². The van der Waals surface area contributed by atoms with E-state index in [-0.39, 0.29) is 47.7 Å². The molecule has 1 aromatic carbocycles. The summed E-state index contributed by atoms with van der Waals surface area (Å²) in [4.78, 5) is 12.6. The number of hydrogen-bond donors (Lipinski definition) is 3. The molecule has 1 aliphatic heterocycles. The van der Waals surface area contributed by atoms with E-state index >= 15 is 0 Å². The van der Waals surface area contributed by atoms with Crippen LogP contribution >= 0.6 is 12.4 Å². The Balaban J connectivity index is 0.00000243. The van der Waals surface area contributed by atoms with Gasteiger partial charge in [-0.05, 0) is 62.7 Å². The minimum Gasteiger partial charge on any atom is -0.494 e. The van der Waals surface area contributed by atoms with Crippen LogP contribution in [0.4, 0.5) is 8.78 Å². The molecule has 0 aromatic heterocycles. The van der Waals surface area contributed by atoms with Gasteiger partial charge in [-0.2, -0.15) is 4.39 Å². The largest absolute Gasteiger partial charge is 0.494 e. The summed E-state index contributed by atoms with van der Waals surface area (Å²) in [6.07, 6.45) is 2.76. The highest BCUT2D eigenvalue weighted by Gasteiger charge is 2.39. The number of aliphatic hydroxyl groups excluding tert-OH is 1. The third-order valence-electron chi connectivity index (χ3n) is 5.36. The molecule has 1 amide bonds. The molecule has 1 saturated carbocycles. The van der Waals surface area contributed by atoms with E-state index in [2.05, 4.69) is 10.6 Å². The zero-order valence-corrected chi connectivity index (χ0v) is 15.5. The van der Waals surface area contributed by atoms with Crippen molar-refractivity contribution in [2.75, 3.05) is 20.2 Å². The van der Waals surface area contributed by atoms with E-state index in [1.807, 2.05) is 0 Å². The molecule has 1 heterocycles. The quantitative estimate of drug-likeness (QED) is 0.721. The van der Waals surface area contributed by atoms with Crippen LogP contribution in [0.2, 0.25) is 0 Å². The molecule has 2 aliphatic rings. The summed E-state index contributed by atoms with van der Waals surface area (Å²) in [5.74, 6) is -2.76. The lowest BCUT2D eigenvalue weighted by molar-refractivity contribution is 0.00913. The van der Waals surface area contributed by atoms with E-state index < -0.39 is 17.5 Å². The molecule has 0 bridgehead atoms. The molecule has 1 saturated heterocycles. The van der Waals surface area contributed by atoms with Crippen LogP contribution in [0.15, 0.2) is 12.1 Å². The molecule has 0 spiro atoms. The van der Waals surface area contributed by atoms with Crippen molar-refractivity contribution in [3.8, 4) is 5.75 Å². The number of ether oxygens (including phenoxy) is 1. The van der Waals surface area contributed by atoms with Crippen molar-refractivity contribution in [2.45, 2.75) is 37.8 Å². The second kappa shape index (κ2) is 8.97. The molecule has 3 N–H and O–H groups in total. The second-order valence-electron chi connectivity index (χ2n) is 6.92. The maximum atomic E-state index is 14.2. The molecule has 1 aromatic rings. The molecule has 5 nitrogen and oxygen atoms in total. The first-order valence-corrected chi connectivity index (χ1v) is 8.73. The zero-order chi connectivity index (χ0) is 18.0. The Morgan fingerprint density at radius 3 is 2.46 bits per heavy atom. The molecule has 1 unspecified atom stereocenters. The molecule has 1 aliphatic carbocycles. The van der Waals surface area contributed by atoms with Gasteiger partial charge in [0.25, 0.3) is 5.91 Å². The number of piperidine rings is 1. The van der Waals surface area contributed by atoms with Crippen LogP contribution in [0.1, 0.15) is 36.0 Å². The number of halogens is 3. The van der Waals surface area contributed by atoms with Gasteiger partial charge in [-0.15, -0.1) is 12.4 Å². The average molecular weight is 391 g/mol. The molecule has 3 rings (SSSR count). The van der Waals surface area contributed by atoms with Crippen LogP contribution in [0.5, 0.6) is 5.75 Å². The molecular weight excluding hydrogens is 366 g/mol. The Kier molecular flexibility index (Phi) is 7.20. The van der Waals surface area contributed by atoms with Crippen LogP contribution in [0.3, 0.4) is 0 Å². The fourth-order valence-corrected chi connectivity index (χ4v) is 3.84. The first-order chi connectivity index (χ1) is 12.0. The summed E-state index contributed by atoms with van der Waals surface area (Å²) in [5.41, 5.74) is -0.322. The third-order valence-corrected chi connectivity index (χ3v) is 5.36.